The van der Waals surface area contributed by atoms with E-state index in [9.17, 15) is 5.26 Å². The highest BCUT2D eigenvalue weighted by atomic mass is 15.4. The second-order valence-corrected chi connectivity index (χ2v) is 5.99. The zero-order chi connectivity index (χ0) is 16.7. The van der Waals surface area contributed by atoms with Crippen LogP contribution >= 0.6 is 0 Å². The molecule has 1 aliphatic rings. The Morgan fingerprint density at radius 2 is 1.91 bits per heavy atom. The first-order valence-corrected chi connectivity index (χ1v) is 7.53. The molecule has 3 rings (SSSR count). The zero-order valence-corrected chi connectivity index (χ0v) is 13.8. The van der Waals surface area contributed by atoms with Gasteiger partial charge in [-0.15, -0.1) is 0 Å². The Morgan fingerprint density at radius 1 is 1.17 bits per heavy atom. The summed E-state index contributed by atoms with van der Waals surface area (Å²) >= 11 is 0. The lowest BCUT2D eigenvalue weighted by Gasteiger charge is -2.29. The fourth-order valence-corrected chi connectivity index (χ4v) is 3.28. The summed E-state index contributed by atoms with van der Waals surface area (Å²) in [5.41, 5.74) is 6.39. The van der Waals surface area contributed by atoms with Gasteiger partial charge in [-0.3, -0.25) is 0 Å². The molecular weight excluding hydrogens is 284 g/mol. The maximum atomic E-state index is 9.48. The van der Waals surface area contributed by atoms with Crippen molar-refractivity contribution in [3.8, 4) is 6.07 Å². The highest BCUT2D eigenvalue weighted by Crippen LogP contribution is 2.47. The van der Waals surface area contributed by atoms with Crippen molar-refractivity contribution in [2.24, 2.45) is 0 Å². The molecule has 2 aromatic carbocycles. The molecule has 0 unspecified atom stereocenters. The van der Waals surface area contributed by atoms with Crippen LogP contribution < -0.4 is 9.80 Å². The van der Waals surface area contributed by atoms with Crippen LogP contribution in [-0.2, 0) is 0 Å². The minimum atomic E-state index is 0.0829. The third-order valence-electron chi connectivity index (χ3n) is 4.48. The summed E-state index contributed by atoms with van der Waals surface area (Å²) in [4.78, 5) is 7.83. The Labute approximate surface area is 137 Å². The van der Waals surface area contributed by atoms with Crippen molar-refractivity contribution in [3.63, 3.8) is 0 Å². The summed E-state index contributed by atoms with van der Waals surface area (Å²) in [6.45, 7) is 13.6. The molecule has 0 aliphatic carbocycles. The molecule has 23 heavy (non-hydrogen) atoms. The molecule has 0 amide bonds. The van der Waals surface area contributed by atoms with Gasteiger partial charge in [0.1, 0.15) is 12.2 Å². The van der Waals surface area contributed by atoms with Crippen LogP contribution in [0.3, 0.4) is 0 Å². The van der Waals surface area contributed by atoms with Gasteiger partial charge in [-0.1, -0.05) is 17.7 Å². The van der Waals surface area contributed by atoms with Gasteiger partial charge < -0.3 is 9.80 Å². The molecule has 2 aromatic rings. The highest BCUT2D eigenvalue weighted by Gasteiger charge is 2.34. The Balaban J connectivity index is 2.27. The Bertz CT molecular complexity index is 870. The van der Waals surface area contributed by atoms with Crippen LogP contribution in [0.15, 0.2) is 30.3 Å². The molecule has 0 bridgehead atoms. The van der Waals surface area contributed by atoms with Crippen LogP contribution in [0.4, 0.5) is 22.7 Å². The third kappa shape index (κ3) is 2.20. The third-order valence-corrected chi connectivity index (χ3v) is 4.48. The topological polar surface area (TPSA) is 34.6 Å². The van der Waals surface area contributed by atoms with Crippen molar-refractivity contribution < 1.29 is 0 Å². The van der Waals surface area contributed by atoms with Gasteiger partial charge in [-0.25, -0.2) is 4.85 Å². The molecule has 0 aromatic heterocycles. The van der Waals surface area contributed by atoms with Crippen molar-refractivity contribution in [3.05, 3.63) is 58.4 Å². The predicted octanol–water partition coefficient (Wildman–Crippen LogP) is 4.66. The number of anilines is 3. The monoisotopic (exact) mass is 302 g/mol. The molecule has 1 heterocycles. The predicted molar refractivity (Wildman–Crippen MR) is 93.3 cm³/mol. The first-order valence-electron chi connectivity index (χ1n) is 7.53. The Kier molecular flexibility index (Phi) is 3.47. The number of rotatable bonds is 1. The molecule has 0 saturated carbocycles. The summed E-state index contributed by atoms with van der Waals surface area (Å²) in [5, 5.41) is 9.48. The summed E-state index contributed by atoms with van der Waals surface area (Å²) in [6.07, 6.45) is 0.0829. The van der Waals surface area contributed by atoms with E-state index in [1.54, 1.807) is 6.07 Å². The molecule has 1 aliphatic heterocycles. The van der Waals surface area contributed by atoms with Gasteiger partial charge in [-0.05, 0) is 44.5 Å². The molecule has 0 radical (unpaired) electrons. The summed E-state index contributed by atoms with van der Waals surface area (Å²) in [5.74, 6) is 0. The van der Waals surface area contributed by atoms with E-state index < -0.39 is 0 Å². The fraction of sp³-hybridized carbons (Fsp3) is 0.263. The van der Waals surface area contributed by atoms with E-state index in [0.717, 1.165) is 17.1 Å². The van der Waals surface area contributed by atoms with Crippen LogP contribution in [0.1, 0.15) is 23.6 Å². The summed E-state index contributed by atoms with van der Waals surface area (Å²) < 4.78 is 0. The second-order valence-electron chi connectivity index (χ2n) is 5.99. The van der Waals surface area contributed by atoms with Gasteiger partial charge in [0.2, 0.25) is 0 Å². The molecule has 1 atom stereocenters. The number of nitriles is 1. The first-order chi connectivity index (χ1) is 11.0. The van der Waals surface area contributed by atoms with Crippen molar-refractivity contribution in [2.45, 2.75) is 26.9 Å². The van der Waals surface area contributed by atoms with E-state index in [2.05, 4.69) is 59.7 Å². The minimum Gasteiger partial charge on any atom is -0.352 e. The fourth-order valence-electron chi connectivity index (χ4n) is 3.28. The SMILES string of the molecule is [C-]#[N+]c1cc(C#N)c2c(c1)N(c1ccc(C)cc1C)[C@@H](C)N2C. The number of fused-ring (bicyclic) bond motifs is 1. The smallest absolute Gasteiger partial charge is 0.190 e. The Hall–Kier alpha value is -2.98. The number of aryl methyl sites for hydroxylation is 2. The minimum absolute atomic E-state index is 0.0829. The Morgan fingerprint density at radius 3 is 2.52 bits per heavy atom. The quantitative estimate of drug-likeness (QED) is 0.719. The molecule has 114 valence electrons. The van der Waals surface area contributed by atoms with E-state index in [1.165, 1.54) is 11.1 Å². The van der Waals surface area contributed by atoms with Gasteiger partial charge in [0.15, 0.2) is 5.69 Å². The van der Waals surface area contributed by atoms with Crippen LogP contribution in [0.25, 0.3) is 4.85 Å². The van der Waals surface area contributed by atoms with Crippen molar-refractivity contribution in [1.29, 1.82) is 5.26 Å². The summed E-state index contributed by atoms with van der Waals surface area (Å²) in [7, 11) is 1.99. The molecule has 4 heteroatoms. The van der Waals surface area contributed by atoms with Crippen LogP contribution in [-0.4, -0.2) is 13.2 Å². The van der Waals surface area contributed by atoms with Crippen molar-refractivity contribution in [1.82, 2.24) is 0 Å². The van der Waals surface area contributed by atoms with Crippen molar-refractivity contribution >= 4 is 22.7 Å². The average molecular weight is 302 g/mol. The van der Waals surface area contributed by atoms with E-state index >= 15 is 0 Å². The first kappa shape index (κ1) is 14.9. The maximum absolute atomic E-state index is 9.48. The van der Waals surface area contributed by atoms with E-state index in [4.69, 9.17) is 6.57 Å². The van der Waals surface area contributed by atoms with E-state index in [0.29, 0.717) is 11.3 Å². The number of hydrogen-bond donors (Lipinski definition) is 0. The van der Waals surface area contributed by atoms with E-state index in [1.807, 2.05) is 13.1 Å². The van der Waals surface area contributed by atoms with Crippen LogP contribution in [0.5, 0.6) is 0 Å². The van der Waals surface area contributed by atoms with Gasteiger partial charge >= 0.3 is 0 Å². The van der Waals surface area contributed by atoms with E-state index in [-0.39, 0.29) is 6.17 Å². The largest absolute Gasteiger partial charge is 0.352 e. The molecule has 0 N–H and O–H groups in total. The lowest BCUT2D eigenvalue weighted by molar-refractivity contribution is 0.732. The van der Waals surface area contributed by atoms with Gasteiger partial charge in [0.25, 0.3) is 0 Å². The number of benzene rings is 2. The standard InChI is InChI=1S/C19H18N4/c1-12-6-7-17(13(2)8-12)23-14(3)22(5)19-15(11-20)9-16(21-4)10-18(19)23/h6-10,14H,1-3,5H3/t14-/m0/s1. The van der Waals surface area contributed by atoms with Crippen molar-refractivity contribution in [2.75, 3.05) is 16.8 Å². The molecule has 0 fully saturated rings. The highest BCUT2D eigenvalue weighted by molar-refractivity contribution is 5.90. The zero-order valence-electron chi connectivity index (χ0n) is 13.8. The van der Waals surface area contributed by atoms with Crippen LogP contribution in [0.2, 0.25) is 0 Å². The number of nitrogens with zero attached hydrogens (tertiary/aromatic N) is 4. The van der Waals surface area contributed by atoms with Crippen LogP contribution in [0, 0.1) is 31.8 Å². The molecule has 0 saturated heterocycles. The van der Waals surface area contributed by atoms with Gasteiger partial charge in [0, 0.05) is 12.7 Å². The number of hydrogen-bond acceptors (Lipinski definition) is 3. The summed E-state index contributed by atoms with van der Waals surface area (Å²) in [6, 6.07) is 12.1. The lowest BCUT2D eigenvalue weighted by atomic mass is 10.1. The maximum Gasteiger partial charge on any atom is 0.190 e. The molecule has 4 nitrogen and oxygen atoms in total. The lowest BCUT2D eigenvalue weighted by Crippen LogP contribution is -2.36. The molecule has 0 spiro atoms. The normalized spacial score (nSPS) is 16.0. The molecular formula is C19H18N4. The van der Waals surface area contributed by atoms with Gasteiger partial charge in [-0.2, -0.15) is 5.26 Å². The second kappa shape index (κ2) is 5.34. The van der Waals surface area contributed by atoms with Gasteiger partial charge in [0.05, 0.1) is 23.5 Å². The average Bonchev–Trinajstić information content (AvgIpc) is 2.78.